The number of carboxylic acid groups (broad SMARTS) is 1. The maximum atomic E-state index is 15.5. The van der Waals surface area contributed by atoms with Gasteiger partial charge in [0.1, 0.15) is 17.5 Å². The van der Waals surface area contributed by atoms with E-state index in [2.05, 4.69) is 15.3 Å². The van der Waals surface area contributed by atoms with Gasteiger partial charge in [-0.3, -0.25) is 19.5 Å². The molecule has 1 aromatic heterocycles. The van der Waals surface area contributed by atoms with Crippen molar-refractivity contribution in [1.29, 1.82) is 0 Å². The number of esters is 1. The summed E-state index contributed by atoms with van der Waals surface area (Å²) in [6, 6.07) is -2.13. The van der Waals surface area contributed by atoms with Crippen LogP contribution in [0, 0.1) is 24.0 Å². The fraction of sp³-hybridized carbons (Fsp3) is 0.500. The maximum Gasteiger partial charge on any atom is 0.338 e. The zero-order valence-corrected chi connectivity index (χ0v) is 25.2. The van der Waals surface area contributed by atoms with Crippen LogP contribution in [0.1, 0.15) is 36.0 Å². The molecule has 3 aliphatic heterocycles. The van der Waals surface area contributed by atoms with Crippen molar-refractivity contribution in [1.82, 2.24) is 20.3 Å². The molecule has 10 nitrogen and oxygen atoms in total. The van der Waals surface area contributed by atoms with Crippen molar-refractivity contribution < 1.29 is 50.6 Å². The minimum absolute atomic E-state index is 0.0448. The number of likely N-dealkylation sites (tertiary alicyclic amines) is 1. The summed E-state index contributed by atoms with van der Waals surface area (Å²) in [4.78, 5) is 40.0. The number of methoxy groups -OCH3 is 1. The van der Waals surface area contributed by atoms with Gasteiger partial charge in [-0.15, -0.1) is 11.3 Å². The molecule has 3 atom stereocenters. The number of hydrogen-bond acceptors (Lipinski definition) is 10. The Hall–Kier alpha value is -3.54. The molecule has 0 bridgehead atoms. The molecule has 0 aliphatic carbocycles. The van der Waals surface area contributed by atoms with Gasteiger partial charge in [0, 0.05) is 23.8 Å². The van der Waals surface area contributed by atoms with Gasteiger partial charge in [-0.05, 0) is 38.0 Å². The number of carboxylic acids is 1. The van der Waals surface area contributed by atoms with Crippen LogP contribution in [0.3, 0.4) is 0 Å². The van der Waals surface area contributed by atoms with Gasteiger partial charge in [0.15, 0.2) is 22.5 Å². The van der Waals surface area contributed by atoms with Gasteiger partial charge < -0.3 is 15.2 Å². The normalized spacial score (nSPS) is 24.0. The molecule has 4 heterocycles. The number of ether oxygens (including phenoxy) is 1. The van der Waals surface area contributed by atoms with Gasteiger partial charge in [0.2, 0.25) is 0 Å². The van der Waals surface area contributed by atoms with Crippen molar-refractivity contribution in [2.45, 2.75) is 50.7 Å². The Morgan fingerprint density at radius 3 is 2.60 bits per heavy atom. The van der Waals surface area contributed by atoms with E-state index < -0.39 is 78.7 Å². The quantitative estimate of drug-likeness (QED) is 0.305. The largest absolute Gasteiger partial charge is 0.481 e. The number of halogens is 6. The molecule has 17 heteroatoms. The highest BCUT2D eigenvalue weighted by molar-refractivity contribution is 7.11. The van der Waals surface area contributed by atoms with Crippen molar-refractivity contribution >= 4 is 29.1 Å². The van der Waals surface area contributed by atoms with Crippen LogP contribution in [0.2, 0.25) is 0 Å². The Kier molecular flexibility index (Phi) is 8.52. The number of amidine groups is 1. The van der Waals surface area contributed by atoms with E-state index in [4.69, 9.17) is 9.57 Å². The number of aliphatic imine (C=N–C) groups is 1. The number of carbonyl (C=O) groups is 2. The van der Waals surface area contributed by atoms with Gasteiger partial charge in [0.05, 0.1) is 38.4 Å². The van der Waals surface area contributed by atoms with Crippen molar-refractivity contribution in [3.8, 4) is 0 Å². The second-order valence-corrected chi connectivity index (χ2v) is 12.4. The molecule has 0 radical (unpaired) electrons. The molecule has 2 N–H and O–H groups in total. The third kappa shape index (κ3) is 5.70. The lowest BCUT2D eigenvalue weighted by Gasteiger charge is -2.35. The molecule has 2 aromatic rings. The minimum Gasteiger partial charge on any atom is -0.481 e. The summed E-state index contributed by atoms with van der Waals surface area (Å²) in [5, 5.41) is 14.7. The Morgan fingerprint density at radius 1 is 1.27 bits per heavy atom. The third-order valence-electron chi connectivity index (χ3n) is 8.41. The number of hydrogen-bond donors (Lipinski definition) is 2. The minimum atomic E-state index is -3.95. The number of benzene rings is 1. The third-order valence-corrected chi connectivity index (χ3v) is 9.19. The van der Waals surface area contributed by atoms with Gasteiger partial charge in [-0.2, -0.15) is 5.06 Å². The highest BCUT2D eigenvalue weighted by Crippen LogP contribution is 2.45. The summed E-state index contributed by atoms with van der Waals surface area (Å²) in [5.41, 5.74) is -2.71. The first kappa shape index (κ1) is 32.8. The fourth-order valence-corrected chi connectivity index (χ4v) is 6.18. The van der Waals surface area contributed by atoms with Gasteiger partial charge in [-0.25, -0.2) is 36.1 Å². The molecule has 2 saturated heterocycles. The molecule has 0 spiro atoms. The molecular weight excluding hydrogens is 632 g/mol. The number of nitrogens with zero attached hydrogens (tertiary/aromatic N) is 4. The summed E-state index contributed by atoms with van der Waals surface area (Å²) in [7, 11) is 1.09. The lowest BCUT2D eigenvalue weighted by Crippen LogP contribution is -2.54. The Bertz CT molecular complexity index is 1570. The van der Waals surface area contributed by atoms with E-state index in [1.165, 1.54) is 35.4 Å². The van der Waals surface area contributed by atoms with E-state index in [-0.39, 0.29) is 34.8 Å². The summed E-state index contributed by atoms with van der Waals surface area (Å²) in [5.74, 6) is -12.4. The summed E-state index contributed by atoms with van der Waals surface area (Å²) < 4.78 is 94.8. The number of aliphatic carboxylic acids is 1. The van der Waals surface area contributed by atoms with Crippen LogP contribution in [0.5, 0.6) is 0 Å². The number of nitrogens with one attached hydrogen (secondary N) is 1. The van der Waals surface area contributed by atoms with Gasteiger partial charge in [0.25, 0.3) is 11.8 Å². The summed E-state index contributed by atoms with van der Waals surface area (Å²) >= 11 is 1.17. The van der Waals surface area contributed by atoms with Crippen LogP contribution in [0.25, 0.3) is 0 Å². The molecule has 45 heavy (non-hydrogen) atoms. The number of hydroxylamine groups is 2. The van der Waals surface area contributed by atoms with E-state index >= 15 is 17.6 Å². The highest BCUT2D eigenvalue weighted by atomic mass is 32.1. The standard InChI is InChI=1S/C28H29F6N5O5S/c1-13-14(5-6-15(29)19(13)30)20-18(24(40)43-4)16(36-22(37-20)23-35-7-8-45-23)9-38-11-27(31,32)21-17(38)10-44-39(21)12-28(33,34)26(2,3)25(41)42/h5-8,17,20-21H,9-12H2,1-4H3,(H,36,37)(H,41,42)/t17-,20+,21+/m1/s1. The van der Waals surface area contributed by atoms with E-state index in [1.54, 1.807) is 5.38 Å². The van der Waals surface area contributed by atoms with E-state index in [0.29, 0.717) is 10.1 Å². The first-order chi connectivity index (χ1) is 21.0. The lowest BCUT2D eigenvalue weighted by molar-refractivity contribution is -0.235. The predicted octanol–water partition coefficient (Wildman–Crippen LogP) is 3.93. The number of aromatic nitrogens is 1. The first-order valence-corrected chi connectivity index (χ1v) is 14.5. The average Bonchev–Trinajstić information content (AvgIpc) is 3.70. The van der Waals surface area contributed by atoms with E-state index in [9.17, 15) is 23.5 Å². The Balaban J connectivity index is 1.52. The highest BCUT2D eigenvalue weighted by Gasteiger charge is 2.64. The molecular formula is C28H29F6N5O5S. The van der Waals surface area contributed by atoms with Crippen LogP contribution >= 0.6 is 11.3 Å². The Morgan fingerprint density at radius 2 is 1.98 bits per heavy atom. The van der Waals surface area contributed by atoms with E-state index in [1.807, 2.05) is 0 Å². The maximum absolute atomic E-state index is 15.5. The summed E-state index contributed by atoms with van der Waals surface area (Å²) in [6.45, 7) is -0.227. The number of carbonyl (C=O) groups excluding carboxylic acids is 1. The smallest absolute Gasteiger partial charge is 0.338 e. The number of alkyl halides is 4. The number of fused-ring (bicyclic) bond motifs is 1. The van der Waals surface area contributed by atoms with Crippen molar-refractivity contribution in [3.05, 3.63) is 62.7 Å². The van der Waals surface area contributed by atoms with Crippen LogP contribution in [-0.2, 0) is 19.2 Å². The van der Waals surface area contributed by atoms with Crippen molar-refractivity contribution in [3.63, 3.8) is 0 Å². The molecule has 1 aromatic carbocycles. The van der Waals surface area contributed by atoms with Crippen LogP contribution in [-0.4, -0.2) is 95.1 Å². The summed E-state index contributed by atoms with van der Waals surface area (Å²) in [6.07, 6.45) is 1.48. The predicted molar refractivity (Wildman–Crippen MR) is 148 cm³/mol. The SMILES string of the molecule is COC(=O)C1=C(CN2CC(F)(F)[C@@H]3[C@H]2CON3CC(F)(F)C(C)(C)C(=O)O)NC(c2nccs2)=N[C@H]1c1ccc(F)c(F)c1C. The Labute approximate surface area is 257 Å². The number of rotatable bonds is 9. The zero-order valence-electron chi connectivity index (χ0n) is 24.4. The van der Waals surface area contributed by atoms with E-state index in [0.717, 1.165) is 27.0 Å². The monoisotopic (exact) mass is 661 g/mol. The second-order valence-electron chi connectivity index (χ2n) is 11.5. The van der Waals surface area contributed by atoms with Crippen LogP contribution < -0.4 is 5.32 Å². The molecule has 3 aliphatic rings. The van der Waals surface area contributed by atoms with Gasteiger partial charge >= 0.3 is 11.9 Å². The second kappa shape index (κ2) is 11.7. The lowest BCUT2D eigenvalue weighted by atomic mass is 9.85. The molecule has 244 valence electrons. The van der Waals surface area contributed by atoms with Gasteiger partial charge in [-0.1, -0.05) is 6.07 Å². The average molecular weight is 662 g/mol. The van der Waals surface area contributed by atoms with Crippen molar-refractivity contribution in [2.75, 3.05) is 33.4 Å². The molecule has 0 unspecified atom stereocenters. The topological polar surface area (TPSA) is 117 Å². The molecule has 5 rings (SSSR count). The molecule has 0 saturated carbocycles. The first-order valence-electron chi connectivity index (χ1n) is 13.6. The molecule has 0 amide bonds. The number of thiazole rings is 1. The van der Waals surface area contributed by atoms with Crippen LogP contribution in [0.4, 0.5) is 26.3 Å². The molecule has 2 fully saturated rings. The zero-order chi connectivity index (χ0) is 33.1. The fourth-order valence-electron chi connectivity index (χ4n) is 5.59. The van der Waals surface area contributed by atoms with Crippen LogP contribution in [0.15, 0.2) is 40.0 Å². The van der Waals surface area contributed by atoms with Crippen molar-refractivity contribution in [2.24, 2.45) is 10.4 Å².